The first-order valence-corrected chi connectivity index (χ1v) is 13.9. The molecule has 0 saturated carbocycles. The highest BCUT2D eigenvalue weighted by Gasteiger charge is 2.32. The Balaban J connectivity index is 1.57. The minimum atomic E-state index is -0.648. The third-order valence-corrected chi connectivity index (χ3v) is 6.85. The molecule has 1 aliphatic heterocycles. The number of allylic oxidation sites excluding steroid dienone is 1. The Morgan fingerprint density at radius 3 is 2.50 bits per heavy atom. The number of hydrogen-bond donors (Lipinski definition) is 2. The summed E-state index contributed by atoms with van der Waals surface area (Å²) >= 11 is 0. The largest absolute Gasteiger partial charge is 0.493 e. The first-order valence-electron chi connectivity index (χ1n) is 13.9. The number of carbonyl (C=O) groups excluding carboxylic acids is 1. The Morgan fingerprint density at radius 2 is 1.82 bits per heavy atom. The van der Waals surface area contributed by atoms with Gasteiger partial charge in [-0.1, -0.05) is 52.8 Å². The Hall–Kier alpha value is -2.61. The molecule has 0 spiro atoms. The third kappa shape index (κ3) is 8.19. The molecule has 1 aliphatic carbocycles. The minimum absolute atomic E-state index is 0.0848. The van der Waals surface area contributed by atoms with Gasteiger partial charge in [-0.05, 0) is 53.7 Å². The first kappa shape index (κ1) is 29.9. The van der Waals surface area contributed by atoms with E-state index in [2.05, 4.69) is 27.7 Å². The van der Waals surface area contributed by atoms with Gasteiger partial charge in [-0.15, -0.1) is 0 Å². The SMILES string of the molecule is CCc1cc(OCCCO)ccc1C1=CC2C=CC(OCC(O)CCOC(C(C)C)C(C)C)=CC2OC1=O. The van der Waals surface area contributed by atoms with Crippen LogP contribution in [0.1, 0.15) is 58.6 Å². The van der Waals surface area contributed by atoms with Crippen molar-refractivity contribution >= 4 is 11.5 Å². The van der Waals surface area contributed by atoms with E-state index in [-0.39, 0.29) is 31.2 Å². The van der Waals surface area contributed by atoms with Crippen LogP contribution in [0.3, 0.4) is 0 Å². The molecule has 3 atom stereocenters. The fourth-order valence-corrected chi connectivity index (χ4v) is 4.89. The molecular formula is C31H44O7. The average Bonchev–Trinajstić information content (AvgIpc) is 2.89. The molecular weight excluding hydrogens is 484 g/mol. The summed E-state index contributed by atoms with van der Waals surface area (Å²) in [7, 11) is 0. The Morgan fingerprint density at radius 1 is 1.05 bits per heavy atom. The minimum Gasteiger partial charge on any atom is -0.493 e. The molecule has 3 rings (SSSR count). The first-order chi connectivity index (χ1) is 18.2. The summed E-state index contributed by atoms with van der Waals surface area (Å²) in [5.74, 6) is 1.68. The summed E-state index contributed by atoms with van der Waals surface area (Å²) < 4.78 is 23.3. The monoisotopic (exact) mass is 528 g/mol. The summed E-state index contributed by atoms with van der Waals surface area (Å²) in [6.07, 6.45) is 8.45. The Bertz CT molecular complexity index is 999. The maximum absolute atomic E-state index is 13.0. The van der Waals surface area contributed by atoms with Crippen molar-refractivity contribution in [1.82, 2.24) is 0 Å². The highest BCUT2D eigenvalue weighted by atomic mass is 16.5. The van der Waals surface area contributed by atoms with Crippen LogP contribution in [0.2, 0.25) is 0 Å². The molecule has 0 fully saturated rings. The third-order valence-electron chi connectivity index (χ3n) is 6.85. The number of fused-ring (bicyclic) bond motifs is 1. The number of esters is 1. The maximum atomic E-state index is 13.0. The standard InChI is InChI=1S/C31H44O7/c1-6-22-16-25(35-14-7-13-32)10-11-27(22)28-17-23-8-9-26(18-29(23)38-31(28)34)37-19-24(33)12-15-36-30(20(2)3)21(4)5/h8-11,16-18,20-21,23-24,29-30,32-33H,6-7,12-15,19H2,1-5H3. The van der Waals surface area contributed by atoms with E-state index in [0.29, 0.717) is 49.2 Å². The zero-order valence-corrected chi connectivity index (χ0v) is 23.4. The van der Waals surface area contributed by atoms with Crippen LogP contribution in [0.4, 0.5) is 0 Å². The van der Waals surface area contributed by atoms with Crippen LogP contribution in [-0.4, -0.2) is 60.9 Å². The molecule has 0 aromatic heterocycles. The van der Waals surface area contributed by atoms with E-state index in [1.807, 2.05) is 43.4 Å². The van der Waals surface area contributed by atoms with Crippen molar-refractivity contribution in [2.45, 2.75) is 72.2 Å². The lowest BCUT2D eigenvalue weighted by atomic mass is 9.88. The molecule has 1 aromatic rings. The molecule has 2 aliphatic rings. The van der Waals surface area contributed by atoms with E-state index in [4.69, 9.17) is 24.1 Å². The smallest absolute Gasteiger partial charge is 0.339 e. The molecule has 38 heavy (non-hydrogen) atoms. The fraction of sp³-hybridized carbons (Fsp3) is 0.581. The second-order valence-electron chi connectivity index (χ2n) is 10.6. The molecule has 0 radical (unpaired) electrons. The van der Waals surface area contributed by atoms with Crippen molar-refractivity contribution in [1.29, 1.82) is 0 Å². The summed E-state index contributed by atoms with van der Waals surface area (Å²) in [4.78, 5) is 13.0. The lowest BCUT2D eigenvalue weighted by Gasteiger charge is -2.30. The van der Waals surface area contributed by atoms with Gasteiger partial charge in [0.1, 0.15) is 24.2 Å². The van der Waals surface area contributed by atoms with Gasteiger partial charge in [0.25, 0.3) is 0 Å². The van der Waals surface area contributed by atoms with Gasteiger partial charge < -0.3 is 29.2 Å². The number of carbonyl (C=O) groups is 1. The maximum Gasteiger partial charge on any atom is 0.339 e. The van der Waals surface area contributed by atoms with Crippen LogP contribution < -0.4 is 4.74 Å². The van der Waals surface area contributed by atoms with Gasteiger partial charge in [-0.2, -0.15) is 0 Å². The molecule has 1 aromatic carbocycles. The van der Waals surface area contributed by atoms with Gasteiger partial charge in [-0.25, -0.2) is 4.79 Å². The van der Waals surface area contributed by atoms with E-state index in [1.165, 1.54) is 0 Å². The van der Waals surface area contributed by atoms with Crippen LogP contribution in [0, 0.1) is 17.8 Å². The van der Waals surface area contributed by atoms with Crippen LogP contribution >= 0.6 is 0 Å². The van der Waals surface area contributed by atoms with E-state index in [0.717, 1.165) is 23.3 Å². The number of aliphatic hydroxyl groups is 2. The summed E-state index contributed by atoms with van der Waals surface area (Å²) in [6, 6.07) is 5.68. The molecule has 7 nitrogen and oxygen atoms in total. The van der Waals surface area contributed by atoms with E-state index < -0.39 is 12.2 Å². The summed E-state index contributed by atoms with van der Waals surface area (Å²) in [5.41, 5.74) is 2.38. The van der Waals surface area contributed by atoms with Crippen LogP contribution in [0.15, 0.2) is 48.3 Å². The van der Waals surface area contributed by atoms with E-state index in [1.54, 1.807) is 6.08 Å². The van der Waals surface area contributed by atoms with E-state index >= 15 is 0 Å². The second kappa shape index (κ2) is 14.5. The van der Waals surface area contributed by atoms with Crippen molar-refractivity contribution < 1.29 is 34.0 Å². The van der Waals surface area contributed by atoms with Crippen molar-refractivity contribution in [3.8, 4) is 5.75 Å². The fourth-order valence-electron chi connectivity index (χ4n) is 4.89. The molecule has 0 saturated heterocycles. The number of benzene rings is 1. The molecule has 0 bridgehead atoms. The normalized spacial score (nSPS) is 19.8. The molecule has 1 heterocycles. The Labute approximate surface area is 227 Å². The van der Waals surface area contributed by atoms with Gasteiger partial charge in [0.05, 0.1) is 24.4 Å². The second-order valence-corrected chi connectivity index (χ2v) is 10.6. The zero-order chi connectivity index (χ0) is 27.7. The van der Waals surface area contributed by atoms with Crippen LogP contribution in [0.5, 0.6) is 5.75 Å². The Kier molecular flexibility index (Phi) is 11.4. The molecule has 3 unspecified atom stereocenters. The molecule has 7 heteroatoms. The van der Waals surface area contributed by atoms with Crippen LogP contribution in [-0.2, 0) is 25.4 Å². The number of ether oxygens (including phenoxy) is 4. The number of aliphatic hydroxyl groups excluding tert-OH is 2. The number of hydrogen-bond acceptors (Lipinski definition) is 7. The number of aryl methyl sites for hydroxylation is 1. The predicted molar refractivity (Wildman–Crippen MR) is 148 cm³/mol. The lowest BCUT2D eigenvalue weighted by Crippen LogP contribution is -2.31. The van der Waals surface area contributed by atoms with Gasteiger partial charge in [0.15, 0.2) is 0 Å². The van der Waals surface area contributed by atoms with Crippen molar-refractivity contribution in [2.75, 3.05) is 26.4 Å². The average molecular weight is 529 g/mol. The quantitative estimate of drug-likeness (QED) is 0.248. The van der Waals surface area contributed by atoms with Gasteiger partial charge in [-0.3, -0.25) is 0 Å². The van der Waals surface area contributed by atoms with Crippen molar-refractivity contribution in [3.63, 3.8) is 0 Å². The van der Waals surface area contributed by atoms with Gasteiger partial charge in [0, 0.05) is 32.0 Å². The topological polar surface area (TPSA) is 94.5 Å². The lowest BCUT2D eigenvalue weighted by molar-refractivity contribution is -0.141. The molecule has 210 valence electrons. The van der Waals surface area contributed by atoms with Crippen molar-refractivity contribution in [2.24, 2.45) is 17.8 Å². The molecule has 0 amide bonds. The highest BCUT2D eigenvalue weighted by Crippen LogP contribution is 2.34. The summed E-state index contributed by atoms with van der Waals surface area (Å²) in [6.45, 7) is 11.8. The zero-order valence-electron chi connectivity index (χ0n) is 23.4. The predicted octanol–water partition coefficient (Wildman–Crippen LogP) is 4.85. The van der Waals surface area contributed by atoms with Gasteiger partial charge >= 0.3 is 5.97 Å². The van der Waals surface area contributed by atoms with Crippen molar-refractivity contribution in [3.05, 3.63) is 59.4 Å². The number of rotatable bonds is 15. The van der Waals surface area contributed by atoms with Crippen LogP contribution in [0.25, 0.3) is 5.57 Å². The van der Waals surface area contributed by atoms with Gasteiger partial charge in [0.2, 0.25) is 0 Å². The molecule has 2 N–H and O–H groups in total. The summed E-state index contributed by atoms with van der Waals surface area (Å²) in [5, 5.41) is 19.3. The van der Waals surface area contributed by atoms with E-state index in [9.17, 15) is 9.90 Å². The highest BCUT2D eigenvalue weighted by molar-refractivity contribution is 6.17.